The van der Waals surface area contributed by atoms with E-state index in [1.807, 2.05) is 19.3 Å². The van der Waals surface area contributed by atoms with Crippen molar-refractivity contribution in [2.24, 2.45) is 0 Å². The van der Waals surface area contributed by atoms with Gasteiger partial charge in [-0.1, -0.05) is 13.0 Å². The lowest BCUT2D eigenvalue weighted by Gasteiger charge is -2.25. The third kappa shape index (κ3) is 4.64. The molecular weight excluding hydrogens is 318 g/mol. The van der Waals surface area contributed by atoms with E-state index in [1.165, 1.54) is 5.57 Å². The van der Waals surface area contributed by atoms with Crippen molar-refractivity contribution in [1.29, 1.82) is 0 Å². The van der Waals surface area contributed by atoms with E-state index >= 15 is 0 Å². The Hall–Kier alpha value is -2.25. The molecule has 1 aliphatic rings. The molecular formula is C18H25N5O2. The zero-order valence-corrected chi connectivity index (χ0v) is 14.8. The smallest absolute Gasteiger partial charge is 0.251 e. The highest BCUT2D eigenvalue weighted by atomic mass is 16.3. The van der Waals surface area contributed by atoms with E-state index in [1.54, 1.807) is 17.7 Å². The first-order chi connectivity index (χ1) is 12.0. The van der Waals surface area contributed by atoms with Gasteiger partial charge in [-0.25, -0.2) is 4.98 Å². The molecule has 2 aromatic heterocycles. The maximum atomic E-state index is 11.5. The number of hydrogen-bond acceptors (Lipinski definition) is 5. The van der Waals surface area contributed by atoms with Crippen molar-refractivity contribution in [2.45, 2.75) is 45.9 Å². The molecule has 0 saturated heterocycles. The number of aromatic amines is 1. The Morgan fingerprint density at radius 2 is 2.28 bits per heavy atom. The summed E-state index contributed by atoms with van der Waals surface area (Å²) in [6.45, 7) is 6.71. The average Bonchev–Trinajstić information content (AvgIpc) is 3.03. The van der Waals surface area contributed by atoms with Crippen LogP contribution < -0.4 is 5.56 Å². The van der Waals surface area contributed by atoms with Crippen molar-refractivity contribution in [3.63, 3.8) is 0 Å². The summed E-state index contributed by atoms with van der Waals surface area (Å²) in [5.74, 6) is 0.650. The number of nitrogens with zero attached hydrogens (tertiary/aromatic N) is 4. The highest BCUT2D eigenvalue weighted by molar-refractivity contribution is 5.65. The lowest BCUT2D eigenvalue weighted by atomic mass is 10.0. The van der Waals surface area contributed by atoms with Gasteiger partial charge in [0.1, 0.15) is 5.82 Å². The summed E-state index contributed by atoms with van der Waals surface area (Å²) in [5, 5.41) is 14.1. The maximum absolute atomic E-state index is 11.5. The number of aliphatic hydroxyl groups excluding tert-OH is 1. The Morgan fingerprint density at radius 1 is 1.44 bits per heavy atom. The molecule has 25 heavy (non-hydrogen) atoms. The van der Waals surface area contributed by atoms with Crippen LogP contribution >= 0.6 is 0 Å². The maximum Gasteiger partial charge on any atom is 0.251 e. The van der Waals surface area contributed by atoms with Gasteiger partial charge in [0.2, 0.25) is 0 Å². The molecule has 0 saturated carbocycles. The Morgan fingerprint density at radius 3 is 2.96 bits per heavy atom. The first kappa shape index (κ1) is 17.6. The second-order valence-corrected chi connectivity index (χ2v) is 6.55. The molecule has 1 atom stereocenters. The normalized spacial score (nSPS) is 16.7. The Bertz CT molecular complexity index is 808. The fourth-order valence-electron chi connectivity index (χ4n) is 3.04. The zero-order chi connectivity index (χ0) is 17.8. The van der Waals surface area contributed by atoms with Crippen molar-refractivity contribution in [3.8, 4) is 0 Å². The predicted molar refractivity (Wildman–Crippen MR) is 96.0 cm³/mol. The zero-order valence-electron chi connectivity index (χ0n) is 14.8. The molecule has 0 amide bonds. The van der Waals surface area contributed by atoms with E-state index in [0.717, 1.165) is 37.2 Å². The van der Waals surface area contributed by atoms with Crippen LogP contribution in [0.1, 0.15) is 36.8 Å². The van der Waals surface area contributed by atoms with Gasteiger partial charge in [-0.3, -0.25) is 14.4 Å². The van der Waals surface area contributed by atoms with Gasteiger partial charge >= 0.3 is 0 Å². The Kier molecular flexibility index (Phi) is 5.45. The van der Waals surface area contributed by atoms with E-state index in [2.05, 4.69) is 26.0 Å². The van der Waals surface area contributed by atoms with Crippen LogP contribution in [-0.2, 0) is 13.1 Å². The van der Waals surface area contributed by atoms with Crippen LogP contribution in [0.4, 0.5) is 0 Å². The number of aromatic nitrogens is 4. The number of aliphatic hydroxyl groups is 1. The van der Waals surface area contributed by atoms with E-state index in [-0.39, 0.29) is 11.7 Å². The minimum Gasteiger partial charge on any atom is -0.391 e. The standard InChI is InChI=1S/C18H25N5O2/c1-3-17(24)12-23-10-15(9-19-23)14-4-6-22(7-5-14)11-16-8-18(25)21-13(2)20-16/h4,8-10,17,24H,3,5-7,11-12H2,1-2H3,(H,20,21,25). The summed E-state index contributed by atoms with van der Waals surface area (Å²) in [6.07, 6.45) is 7.38. The number of hydrogen-bond donors (Lipinski definition) is 2. The number of H-pyrrole nitrogens is 1. The van der Waals surface area contributed by atoms with E-state index in [0.29, 0.717) is 18.9 Å². The van der Waals surface area contributed by atoms with Crippen LogP contribution in [0.15, 0.2) is 29.3 Å². The van der Waals surface area contributed by atoms with E-state index in [4.69, 9.17) is 0 Å². The highest BCUT2D eigenvalue weighted by Crippen LogP contribution is 2.22. The predicted octanol–water partition coefficient (Wildman–Crippen LogP) is 1.34. The van der Waals surface area contributed by atoms with Crippen LogP contribution in [0.25, 0.3) is 5.57 Å². The van der Waals surface area contributed by atoms with Gasteiger partial charge in [0, 0.05) is 37.5 Å². The summed E-state index contributed by atoms with van der Waals surface area (Å²) < 4.78 is 1.81. The third-order valence-electron chi connectivity index (χ3n) is 4.47. The topological polar surface area (TPSA) is 87.0 Å². The number of aryl methyl sites for hydroxylation is 1. The summed E-state index contributed by atoms with van der Waals surface area (Å²) in [4.78, 5) is 20.9. The van der Waals surface area contributed by atoms with Crippen molar-refractivity contribution in [2.75, 3.05) is 13.1 Å². The Labute approximate surface area is 147 Å². The van der Waals surface area contributed by atoms with Gasteiger partial charge in [-0.05, 0) is 25.3 Å². The van der Waals surface area contributed by atoms with Gasteiger partial charge < -0.3 is 10.1 Å². The summed E-state index contributed by atoms with van der Waals surface area (Å²) in [6, 6.07) is 1.56. The summed E-state index contributed by atoms with van der Waals surface area (Å²) in [7, 11) is 0. The molecule has 1 aliphatic heterocycles. The lowest BCUT2D eigenvalue weighted by Crippen LogP contribution is -2.29. The average molecular weight is 343 g/mol. The fourth-order valence-corrected chi connectivity index (χ4v) is 3.04. The van der Waals surface area contributed by atoms with Crippen molar-refractivity contribution in [1.82, 2.24) is 24.6 Å². The molecule has 0 fully saturated rings. The molecule has 0 radical (unpaired) electrons. The quantitative estimate of drug-likeness (QED) is 0.826. The van der Waals surface area contributed by atoms with Gasteiger partial charge in [0.25, 0.3) is 5.56 Å². The molecule has 0 aliphatic carbocycles. The molecule has 2 aromatic rings. The summed E-state index contributed by atoms with van der Waals surface area (Å²) in [5.41, 5.74) is 3.11. The van der Waals surface area contributed by atoms with E-state index in [9.17, 15) is 9.90 Å². The minimum atomic E-state index is -0.353. The van der Waals surface area contributed by atoms with Crippen molar-refractivity contribution < 1.29 is 5.11 Å². The van der Waals surface area contributed by atoms with Gasteiger partial charge in [-0.2, -0.15) is 5.10 Å². The fraction of sp³-hybridized carbons (Fsp3) is 0.500. The van der Waals surface area contributed by atoms with Crippen LogP contribution in [0, 0.1) is 6.92 Å². The monoisotopic (exact) mass is 343 g/mol. The molecule has 0 aromatic carbocycles. The van der Waals surface area contributed by atoms with Gasteiger partial charge in [0.05, 0.1) is 24.5 Å². The van der Waals surface area contributed by atoms with Crippen LogP contribution in [0.3, 0.4) is 0 Å². The van der Waals surface area contributed by atoms with Crippen LogP contribution in [-0.4, -0.2) is 48.9 Å². The SMILES string of the molecule is CCC(O)Cn1cc(C2=CCN(Cc3cc(=O)[nH]c(C)n3)CC2)cn1. The highest BCUT2D eigenvalue weighted by Gasteiger charge is 2.15. The molecule has 0 spiro atoms. The summed E-state index contributed by atoms with van der Waals surface area (Å²) >= 11 is 0. The number of rotatable bonds is 6. The molecule has 7 nitrogen and oxygen atoms in total. The molecule has 1 unspecified atom stereocenters. The second-order valence-electron chi connectivity index (χ2n) is 6.55. The molecule has 134 valence electrons. The third-order valence-corrected chi connectivity index (χ3v) is 4.47. The first-order valence-corrected chi connectivity index (χ1v) is 8.72. The molecule has 3 rings (SSSR count). The van der Waals surface area contributed by atoms with Crippen molar-refractivity contribution in [3.05, 3.63) is 52.0 Å². The minimum absolute atomic E-state index is 0.0996. The van der Waals surface area contributed by atoms with E-state index < -0.39 is 0 Å². The largest absolute Gasteiger partial charge is 0.391 e. The molecule has 0 bridgehead atoms. The number of nitrogens with one attached hydrogen (secondary N) is 1. The van der Waals surface area contributed by atoms with Crippen molar-refractivity contribution >= 4 is 5.57 Å². The molecule has 7 heteroatoms. The van der Waals surface area contributed by atoms with Crippen LogP contribution in [0.2, 0.25) is 0 Å². The van der Waals surface area contributed by atoms with Crippen LogP contribution in [0.5, 0.6) is 0 Å². The molecule has 3 heterocycles. The van der Waals surface area contributed by atoms with Gasteiger partial charge in [-0.15, -0.1) is 0 Å². The molecule has 2 N–H and O–H groups in total. The lowest BCUT2D eigenvalue weighted by molar-refractivity contribution is 0.145. The first-order valence-electron chi connectivity index (χ1n) is 8.72. The van der Waals surface area contributed by atoms with Gasteiger partial charge in [0.15, 0.2) is 0 Å². The Balaban J connectivity index is 1.61. The second kappa shape index (κ2) is 7.76.